The van der Waals surface area contributed by atoms with Crippen LogP contribution < -0.4 is 0 Å². The summed E-state index contributed by atoms with van der Waals surface area (Å²) in [6.07, 6.45) is 2.37. The monoisotopic (exact) mass is 236 g/mol. The SMILES string of the molecule is Cc1ccc2c(c1C)-c1c(ccc(C)c1C)CC2. The van der Waals surface area contributed by atoms with E-state index in [1.165, 1.54) is 57.3 Å². The first-order chi connectivity index (χ1) is 8.59. The molecule has 0 N–H and O–H groups in total. The maximum Gasteiger partial charge on any atom is -0.0114 e. The Morgan fingerprint density at radius 2 is 1.00 bits per heavy atom. The highest BCUT2D eigenvalue weighted by Crippen LogP contribution is 2.39. The number of fused-ring (bicyclic) bond motifs is 3. The van der Waals surface area contributed by atoms with Crippen molar-refractivity contribution < 1.29 is 0 Å². The molecule has 2 aromatic rings. The molecule has 0 bridgehead atoms. The third-order valence-corrected chi connectivity index (χ3v) is 4.56. The summed E-state index contributed by atoms with van der Waals surface area (Å²) < 4.78 is 0. The van der Waals surface area contributed by atoms with E-state index in [1.807, 2.05) is 0 Å². The van der Waals surface area contributed by atoms with Gasteiger partial charge in [-0.2, -0.15) is 0 Å². The van der Waals surface area contributed by atoms with E-state index in [1.54, 1.807) is 0 Å². The number of hydrogen-bond donors (Lipinski definition) is 0. The van der Waals surface area contributed by atoms with Gasteiger partial charge in [-0.3, -0.25) is 0 Å². The first-order valence-corrected chi connectivity index (χ1v) is 6.78. The highest BCUT2D eigenvalue weighted by Gasteiger charge is 2.20. The Labute approximate surface area is 110 Å². The fraction of sp³-hybridized carbons (Fsp3) is 0.333. The third-order valence-electron chi connectivity index (χ3n) is 4.56. The molecule has 0 fully saturated rings. The summed E-state index contributed by atoms with van der Waals surface area (Å²) in [6.45, 7) is 8.97. The molecule has 0 spiro atoms. The summed E-state index contributed by atoms with van der Waals surface area (Å²) >= 11 is 0. The summed E-state index contributed by atoms with van der Waals surface area (Å²) in [5.74, 6) is 0. The quantitative estimate of drug-likeness (QED) is 0.622. The molecule has 0 unspecified atom stereocenters. The van der Waals surface area contributed by atoms with Gasteiger partial charge in [0.05, 0.1) is 0 Å². The van der Waals surface area contributed by atoms with Crippen LogP contribution in [0.15, 0.2) is 24.3 Å². The molecule has 18 heavy (non-hydrogen) atoms. The average Bonchev–Trinajstić information content (AvgIpc) is 2.38. The molecular weight excluding hydrogens is 216 g/mol. The van der Waals surface area contributed by atoms with Crippen LogP contribution in [0.5, 0.6) is 0 Å². The highest BCUT2D eigenvalue weighted by atomic mass is 14.2. The first kappa shape index (κ1) is 11.5. The van der Waals surface area contributed by atoms with Crippen molar-refractivity contribution in [3.63, 3.8) is 0 Å². The second-order valence-corrected chi connectivity index (χ2v) is 5.58. The van der Waals surface area contributed by atoms with Crippen molar-refractivity contribution in [1.82, 2.24) is 0 Å². The van der Waals surface area contributed by atoms with E-state index in [-0.39, 0.29) is 0 Å². The second-order valence-electron chi connectivity index (χ2n) is 5.58. The largest absolute Gasteiger partial charge is 0.0587 e. The standard InChI is InChI=1S/C18H20/c1-11-5-7-15-9-10-16-8-6-12(2)14(4)18(16)17(15)13(11)3/h5-8H,9-10H2,1-4H3. The molecule has 1 aliphatic rings. The van der Waals surface area contributed by atoms with Crippen molar-refractivity contribution in [3.8, 4) is 11.1 Å². The highest BCUT2D eigenvalue weighted by molar-refractivity contribution is 5.80. The predicted molar refractivity (Wildman–Crippen MR) is 78.2 cm³/mol. The molecule has 0 radical (unpaired) electrons. The van der Waals surface area contributed by atoms with Gasteiger partial charge in [0.15, 0.2) is 0 Å². The van der Waals surface area contributed by atoms with Crippen LogP contribution >= 0.6 is 0 Å². The van der Waals surface area contributed by atoms with Gasteiger partial charge in [0.1, 0.15) is 0 Å². The van der Waals surface area contributed by atoms with E-state index in [0.717, 1.165) is 0 Å². The molecule has 0 aromatic heterocycles. The number of rotatable bonds is 0. The topological polar surface area (TPSA) is 0 Å². The molecule has 0 atom stereocenters. The van der Waals surface area contributed by atoms with Gasteiger partial charge in [-0.05, 0) is 85.0 Å². The van der Waals surface area contributed by atoms with Gasteiger partial charge in [0.25, 0.3) is 0 Å². The molecule has 0 nitrogen and oxygen atoms in total. The van der Waals surface area contributed by atoms with Crippen LogP contribution in [0, 0.1) is 27.7 Å². The Kier molecular flexibility index (Phi) is 2.55. The molecule has 3 rings (SSSR count). The first-order valence-electron chi connectivity index (χ1n) is 6.78. The van der Waals surface area contributed by atoms with E-state index in [2.05, 4.69) is 52.0 Å². The minimum atomic E-state index is 1.19. The lowest BCUT2D eigenvalue weighted by Gasteiger charge is -2.25. The Morgan fingerprint density at radius 1 is 0.611 bits per heavy atom. The van der Waals surface area contributed by atoms with E-state index in [0.29, 0.717) is 0 Å². The molecule has 0 saturated heterocycles. The molecule has 2 aromatic carbocycles. The normalized spacial score (nSPS) is 13.1. The lowest BCUT2D eigenvalue weighted by atomic mass is 9.79. The number of aryl methyl sites for hydroxylation is 4. The maximum absolute atomic E-state index is 2.32. The van der Waals surface area contributed by atoms with Gasteiger partial charge in [0, 0.05) is 0 Å². The Morgan fingerprint density at radius 3 is 1.39 bits per heavy atom. The third kappa shape index (κ3) is 1.52. The van der Waals surface area contributed by atoms with Crippen molar-refractivity contribution in [2.24, 2.45) is 0 Å². The van der Waals surface area contributed by atoms with Crippen molar-refractivity contribution in [2.45, 2.75) is 40.5 Å². The van der Waals surface area contributed by atoms with Crippen molar-refractivity contribution in [2.75, 3.05) is 0 Å². The molecule has 92 valence electrons. The minimum absolute atomic E-state index is 1.19. The molecule has 0 amide bonds. The number of hydrogen-bond acceptors (Lipinski definition) is 0. The van der Waals surface area contributed by atoms with Crippen LogP contribution in [0.4, 0.5) is 0 Å². The lowest BCUT2D eigenvalue weighted by molar-refractivity contribution is 0.931. The van der Waals surface area contributed by atoms with Crippen LogP contribution in [0.2, 0.25) is 0 Å². The van der Waals surface area contributed by atoms with Crippen molar-refractivity contribution in [3.05, 3.63) is 57.6 Å². The Bertz CT molecular complexity index is 575. The van der Waals surface area contributed by atoms with Crippen LogP contribution in [0.1, 0.15) is 33.4 Å². The Balaban J connectivity index is 2.40. The van der Waals surface area contributed by atoms with Gasteiger partial charge in [-0.15, -0.1) is 0 Å². The van der Waals surface area contributed by atoms with Crippen LogP contribution in [-0.4, -0.2) is 0 Å². The van der Waals surface area contributed by atoms with Gasteiger partial charge >= 0.3 is 0 Å². The number of benzene rings is 2. The summed E-state index contributed by atoms with van der Waals surface area (Å²) in [7, 11) is 0. The minimum Gasteiger partial charge on any atom is -0.0587 e. The van der Waals surface area contributed by atoms with E-state index in [9.17, 15) is 0 Å². The second kappa shape index (κ2) is 3.98. The summed E-state index contributed by atoms with van der Waals surface area (Å²) in [6, 6.07) is 9.18. The predicted octanol–water partition coefficient (Wildman–Crippen LogP) is 4.69. The fourth-order valence-electron chi connectivity index (χ4n) is 3.13. The Hall–Kier alpha value is -1.56. The van der Waals surface area contributed by atoms with Crippen LogP contribution in [0.3, 0.4) is 0 Å². The molecule has 0 heterocycles. The van der Waals surface area contributed by atoms with Crippen molar-refractivity contribution >= 4 is 0 Å². The average molecular weight is 236 g/mol. The lowest BCUT2D eigenvalue weighted by Crippen LogP contribution is -2.08. The van der Waals surface area contributed by atoms with E-state index in [4.69, 9.17) is 0 Å². The maximum atomic E-state index is 2.32. The van der Waals surface area contributed by atoms with Crippen LogP contribution in [0.25, 0.3) is 11.1 Å². The molecule has 1 aliphatic carbocycles. The van der Waals surface area contributed by atoms with Crippen LogP contribution in [-0.2, 0) is 12.8 Å². The summed E-state index contributed by atoms with van der Waals surface area (Å²) in [5, 5.41) is 0. The van der Waals surface area contributed by atoms with Gasteiger partial charge in [-0.1, -0.05) is 24.3 Å². The fourth-order valence-corrected chi connectivity index (χ4v) is 3.13. The zero-order valence-corrected chi connectivity index (χ0v) is 11.7. The van der Waals surface area contributed by atoms with E-state index < -0.39 is 0 Å². The molecular formula is C18H20. The molecule has 0 saturated carbocycles. The zero-order valence-electron chi connectivity index (χ0n) is 11.7. The van der Waals surface area contributed by atoms with E-state index >= 15 is 0 Å². The summed E-state index contributed by atoms with van der Waals surface area (Å²) in [4.78, 5) is 0. The van der Waals surface area contributed by atoms with Crippen molar-refractivity contribution in [1.29, 1.82) is 0 Å². The molecule has 0 aliphatic heterocycles. The molecule has 0 heteroatoms. The van der Waals surface area contributed by atoms with Gasteiger partial charge in [0.2, 0.25) is 0 Å². The zero-order chi connectivity index (χ0) is 12.9. The van der Waals surface area contributed by atoms with Gasteiger partial charge < -0.3 is 0 Å². The summed E-state index contributed by atoms with van der Waals surface area (Å²) in [5.41, 5.74) is 11.8. The smallest absolute Gasteiger partial charge is 0.0114 e. The van der Waals surface area contributed by atoms with Gasteiger partial charge in [-0.25, -0.2) is 0 Å².